The van der Waals surface area contributed by atoms with Crippen molar-refractivity contribution in [1.82, 2.24) is 25.8 Å². The van der Waals surface area contributed by atoms with Crippen LogP contribution in [0.5, 0.6) is 0 Å². The minimum Gasteiger partial charge on any atom is -0.465 e. The van der Waals surface area contributed by atoms with Crippen molar-refractivity contribution in [3.05, 3.63) is 66.2 Å². The molecule has 0 aliphatic carbocycles. The number of hydrogen-bond donors (Lipinski definition) is 5. The third-order valence-corrected chi connectivity index (χ3v) is 7.16. The number of carboxylic acid groups (broad SMARTS) is 1. The first-order chi connectivity index (χ1) is 21.6. The van der Waals surface area contributed by atoms with Gasteiger partial charge in [0, 0.05) is 38.5 Å². The van der Waals surface area contributed by atoms with E-state index in [1.807, 2.05) is 50.2 Å². The van der Waals surface area contributed by atoms with Gasteiger partial charge < -0.3 is 35.8 Å². The Labute approximate surface area is 264 Å². The van der Waals surface area contributed by atoms with Crippen LogP contribution >= 0.6 is 0 Å². The molecule has 5 amide bonds. The van der Waals surface area contributed by atoms with Crippen molar-refractivity contribution < 1.29 is 38.6 Å². The Balaban J connectivity index is 2.23. The summed E-state index contributed by atoms with van der Waals surface area (Å²) >= 11 is 0. The lowest BCUT2D eigenvalue weighted by Gasteiger charge is -2.43. The molecular weight excluding hydrogens is 582 g/mol. The quantitative estimate of drug-likeness (QED) is 0.123. The summed E-state index contributed by atoms with van der Waals surface area (Å²) in [6.45, 7) is 4.83. The van der Waals surface area contributed by atoms with E-state index in [1.54, 1.807) is 24.3 Å². The standard InChI is InChI=1S/C32H45N5O8/c1-24(2)28(29(39)33-19-11-20-35-31(42)44-3)37(22-12-21-34-30(40)41,26-15-8-5-9-16-26)27(38)17-10-18-36-32(43)45-23-25-13-6-4-7-14-25/h4-9,13-16,24,28,34H,10-12,17-23H2,1-3H3,(H3-,33,35,36,39,40,41,42,43)/p+1. The largest absolute Gasteiger partial charge is 0.465 e. The van der Waals surface area contributed by atoms with Crippen LogP contribution in [0.25, 0.3) is 0 Å². The van der Waals surface area contributed by atoms with Crippen LogP contribution in [0.15, 0.2) is 60.7 Å². The van der Waals surface area contributed by atoms with Crippen LogP contribution in [0.1, 0.15) is 45.1 Å². The van der Waals surface area contributed by atoms with Crippen molar-refractivity contribution in [2.45, 2.75) is 52.2 Å². The lowest BCUT2D eigenvalue weighted by Crippen LogP contribution is -2.68. The van der Waals surface area contributed by atoms with Gasteiger partial charge in [-0.3, -0.25) is 4.79 Å². The summed E-state index contributed by atoms with van der Waals surface area (Å²) in [6.07, 6.45) is -1.28. The zero-order valence-corrected chi connectivity index (χ0v) is 26.3. The molecule has 45 heavy (non-hydrogen) atoms. The second-order valence-electron chi connectivity index (χ2n) is 10.8. The van der Waals surface area contributed by atoms with Crippen molar-refractivity contribution >= 4 is 35.8 Å². The number of rotatable bonds is 18. The van der Waals surface area contributed by atoms with Crippen molar-refractivity contribution in [2.75, 3.05) is 39.8 Å². The molecule has 0 saturated heterocycles. The van der Waals surface area contributed by atoms with Gasteiger partial charge in [0.25, 0.3) is 5.91 Å². The van der Waals surface area contributed by atoms with Gasteiger partial charge in [0.1, 0.15) is 12.3 Å². The highest BCUT2D eigenvalue weighted by molar-refractivity contribution is 5.96. The van der Waals surface area contributed by atoms with Gasteiger partial charge in [-0.2, -0.15) is 0 Å². The molecule has 2 rings (SSSR count). The number of nitrogens with zero attached hydrogens (tertiary/aromatic N) is 1. The number of ether oxygens (including phenoxy) is 2. The molecule has 0 radical (unpaired) electrons. The molecule has 5 N–H and O–H groups in total. The number of alkyl carbamates (subject to hydrolysis) is 2. The Morgan fingerprint density at radius 3 is 1.96 bits per heavy atom. The summed E-state index contributed by atoms with van der Waals surface area (Å²) in [6, 6.07) is 17.4. The molecule has 0 fully saturated rings. The molecular formula is C32H46N5O8+. The predicted octanol–water partition coefficient (Wildman–Crippen LogP) is 3.77. The fourth-order valence-electron chi connectivity index (χ4n) is 5.15. The Morgan fingerprint density at radius 1 is 0.756 bits per heavy atom. The highest BCUT2D eigenvalue weighted by atomic mass is 16.5. The smallest absolute Gasteiger partial charge is 0.407 e. The van der Waals surface area contributed by atoms with E-state index in [-0.39, 0.29) is 67.8 Å². The number of carbonyl (C=O) groups is 5. The maximum atomic E-state index is 14.3. The van der Waals surface area contributed by atoms with Crippen LogP contribution in [-0.2, 0) is 25.7 Å². The van der Waals surface area contributed by atoms with Crippen LogP contribution in [0.4, 0.5) is 20.1 Å². The number of methoxy groups -OCH3 is 1. The van der Waals surface area contributed by atoms with Gasteiger partial charge >= 0.3 is 24.2 Å². The Morgan fingerprint density at radius 2 is 1.33 bits per heavy atom. The molecule has 0 bridgehead atoms. The van der Waals surface area contributed by atoms with Crippen LogP contribution in [0, 0.1) is 5.92 Å². The first-order valence-electron chi connectivity index (χ1n) is 15.1. The molecule has 13 heteroatoms. The average Bonchev–Trinajstić information content (AvgIpc) is 3.03. The molecule has 0 aliphatic heterocycles. The summed E-state index contributed by atoms with van der Waals surface area (Å²) in [5, 5.41) is 19.6. The maximum Gasteiger partial charge on any atom is 0.407 e. The van der Waals surface area contributed by atoms with Gasteiger partial charge in [-0.15, -0.1) is 0 Å². The van der Waals surface area contributed by atoms with Gasteiger partial charge in [-0.25, -0.2) is 23.7 Å². The predicted molar refractivity (Wildman–Crippen MR) is 169 cm³/mol. The molecule has 2 atom stereocenters. The number of benzene rings is 2. The number of para-hydroxylation sites is 1. The molecule has 0 heterocycles. The first-order valence-corrected chi connectivity index (χ1v) is 15.1. The molecule has 0 spiro atoms. The minimum atomic E-state index is -1.18. The highest BCUT2D eigenvalue weighted by Gasteiger charge is 2.50. The van der Waals surface area contributed by atoms with Crippen LogP contribution < -0.4 is 25.8 Å². The Kier molecular flexibility index (Phi) is 15.9. The van der Waals surface area contributed by atoms with Crippen molar-refractivity contribution in [1.29, 1.82) is 0 Å². The average molecular weight is 629 g/mol. The van der Waals surface area contributed by atoms with Gasteiger partial charge in [-0.1, -0.05) is 62.4 Å². The van der Waals surface area contributed by atoms with Crippen LogP contribution in [0.2, 0.25) is 0 Å². The minimum absolute atomic E-state index is 0.0414. The number of carbonyl (C=O) groups excluding carboxylic acids is 4. The van der Waals surface area contributed by atoms with Gasteiger partial charge in [0.15, 0.2) is 6.04 Å². The zero-order valence-electron chi connectivity index (χ0n) is 26.3. The van der Waals surface area contributed by atoms with E-state index in [0.717, 1.165) is 5.56 Å². The number of quaternary nitrogens is 1. The van der Waals surface area contributed by atoms with E-state index in [2.05, 4.69) is 26.0 Å². The fourth-order valence-corrected chi connectivity index (χ4v) is 5.15. The molecule has 0 saturated carbocycles. The molecule has 13 nitrogen and oxygen atoms in total. The van der Waals surface area contributed by atoms with E-state index in [1.165, 1.54) is 7.11 Å². The third kappa shape index (κ3) is 12.1. The third-order valence-electron chi connectivity index (χ3n) is 7.16. The Bertz CT molecular complexity index is 1230. The van der Waals surface area contributed by atoms with Crippen molar-refractivity contribution in [2.24, 2.45) is 5.92 Å². The zero-order chi connectivity index (χ0) is 33.1. The summed E-state index contributed by atoms with van der Waals surface area (Å²) in [5.74, 6) is -0.868. The molecule has 2 unspecified atom stereocenters. The first kappa shape index (κ1) is 36.5. The summed E-state index contributed by atoms with van der Waals surface area (Å²) < 4.78 is 9.49. The van der Waals surface area contributed by atoms with Crippen molar-refractivity contribution in [3.63, 3.8) is 0 Å². The normalized spacial score (nSPS) is 12.7. The summed E-state index contributed by atoms with van der Waals surface area (Å²) in [4.78, 5) is 62.9. The molecule has 0 aromatic heterocycles. The van der Waals surface area contributed by atoms with E-state index < -0.39 is 24.3 Å². The highest BCUT2D eigenvalue weighted by Crippen LogP contribution is 2.33. The SMILES string of the molecule is COC(=O)NCCCNC(=O)C(C(C)C)[N+](CCCNC(=O)O)(C(=O)CCCNC(=O)OCc1ccccc1)c1ccccc1. The van der Waals surface area contributed by atoms with Gasteiger partial charge in [0.05, 0.1) is 20.1 Å². The van der Waals surface area contributed by atoms with E-state index in [0.29, 0.717) is 25.1 Å². The molecule has 2 aromatic carbocycles. The lowest BCUT2D eigenvalue weighted by atomic mass is 9.94. The Hall–Kier alpha value is -4.65. The summed E-state index contributed by atoms with van der Waals surface area (Å²) in [5.41, 5.74) is 1.46. The maximum absolute atomic E-state index is 14.3. The molecule has 2 aromatic rings. The number of amides is 5. The van der Waals surface area contributed by atoms with E-state index in [9.17, 15) is 24.0 Å². The fraction of sp³-hybridized carbons (Fsp3) is 0.469. The second-order valence-corrected chi connectivity index (χ2v) is 10.8. The van der Waals surface area contributed by atoms with Crippen LogP contribution in [0.3, 0.4) is 0 Å². The van der Waals surface area contributed by atoms with Gasteiger partial charge in [0.2, 0.25) is 0 Å². The number of nitrogens with one attached hydrogen (secondary N) is 4. The second kappa shape index (κ2) is 19.6. The lowest BCUT2D eigenvalue weighted by molar-refractivity contribution is -0.141. The molecule has 246 valence electrons. The van der Waals surface area contributed by atoms with E-state index >= 15 is 0 Å². The van der Waals surface area contributed by atoms with Gasteiger partial charge in [-0.05, 0) is 30.5 Å². The number of hydrogen-bond acceptors (Lipinski definition) is 7. The molecule has 0 aliphatic rings. The monoisotopic (exact) mass is 628 g/mol. The van der Waals surface area contributed by atoms with Crippen molar-refractivity contribution in [3.8, 4) is 0 Å². The van der Waals surface area contributed by atoms with Crippen LogP contribution in [-0.4, -0.2) is 81.1 Å². The van der Waals surface area contributed by atoms with E-state index in [4.69, 9.17) is 9.84 Å². The summed E-state index contributed by atoms with van der Waals surface area (Å²) in [7, 11) is 1.27. The topological polar surface area (TPSA) is 172 Å².